The third-order valence-electron chi connectivity index (χ3n) is 3.89. The van der Waals surface area contributed by atoms with Crippen LogP contribution in [0.1, 0.15) is 24.4 Å². The summed E-state index contributed by atoms with van der Waals surface area (Å²) in [6.07, 6.45) is 1.72. The van der Waals surface area contributed by atoms with Gasteiger partial charge in [0.15, 0.2) is 0 Å². The molecule has 18 heavy (non-hydrogen) atoms. The van der Waals surface area contributed by atoms with Crippen LogP contribution in [0.5, 0.6) is 0 Å². The second-order valence-corrected chi connectivity index (χ2v) is 4.97. The first-order valence-electron chi connectivity index (χ1n) is 6.51. The summed E-state index contributed by atoms with van der Waals surface area (Å²) in [5, 5.41) is 3.48. The topological polar surface area (TPSA) is 30.5 Å². The van der Waals surface area contributed by atoms with E-state index < -0.39 is 0 Å². The largest absolute Gasteiger partial charge is 0.381 e. The first kappa shape index (κ1) is 12.1. The smallest absolute Gasteiger partial charge is 0.123 e. The predicted molar refractivity (Wildman–Crippen MR) is 65.9 cm³/mol. The van der Waals surface area contributed by atoms with E-state index >= 15 is 0 Å². The van der Waals surface area contributed by atoms with Gasteiger partial charge in [0.05, 0.1) is 18.2 Å². The molecule has 4 heteroatoms. The van der Waals surface area contributed by atoms with Crippen molar-refractivity contribution < 1.29 is 13.9 Å². The SMILES string of the molecule is Fc1cccc(C2NCCOC23CCOCC3)c1. The fraction of sp³-hybridized carbons (Fsp3) is 0.571. The lowest BCUT2D eigenvalue weighted by Crippen LogP contribution is -2.54. The van der Waals surface area contributed by atoms with Crippen molar-refractivity contribution in [2.75, 3.05) is 26.4 Å². The number of hydrogen-bond donors (Lipinski definition) is 1. The van der Waals surface area contributed by atoms with E-state index in [0.29, 0.717) is 19.8 Å². The second-order valence-electron chi connectivity index (χ2n) is 4.97. The molecular formula is C14H18FNO2. The summed E-state index contributed by atoms with van der Waals surface area (Å²) in [5.41, 5.74) is 0.737. The van der Waals surface area contributed by atoms with Gasteiger partial charge in [0.1, 0.15) is 5.82 Å². The molecule has 1 atom stereocenters. The van der Waals surface area contributed by atoms with E-state index in [-0.39, 0.29) is 17.5 Å². The van der Waals surface area contributed by atoms with Crippen molar-refractivity contribution in [1.82, 2.24) is 5.32 Å². The number of benzene rings is 1. The summed E-state index contributed by atoms with van der Waals surface area (Å²) in [6.45, 7) is 2.95. The van der Waals surface area contributed by atoms with E-state index in [1.54, 1.807) is 12.1 Å². The standard InChI is InChI=1S/C14H18FNO2/c15-12-3-1-2-11(10-12)13-14(18-9-6-16-13)4-7-17-8-5-14/h1-3,10,13,16H,4-9H2. The first-order chi connectivity index (χ1) is 8.80. The van der Waals surface area contributed by atoms with Gasteiger partial charge in [0.25, 0.3) is 0 Å². The summed E-state index contributed by atoms with van der Waals surface area (Å²) in [7, 11) is 0. The third kappa shape index (κ3) is 2.16. The number of hydrogen-bond acceptors (Lipinski definition) is 3. The Hall–Kier alpha value is -0.970. The van der Waals surface area contributed by atoms with Crippen LogP contribution in [0.25, 0.3) is 0 Å². The van der Waals surface area contributed by atoms with Crippen molar-refractivity contribution in [3.05, 3.63) is 35.6 Å². The zero-order chi connectivity index (χ0) is 12.4. The van der Waals surface area contributed by atoms with Crippen molar-refractivity contribution in [1.29, 1.82) is 0 Å². The average Bonchev–Trinajstić information content (AvgIpc) is 2.40. The molecule has 1 aromatic rings. The lowest BCUT2D eigenvalue weighted by molar-refractivity contribution is -0.149. The second kappa shape index (κ2) is 4.96. The van der Waals surface area contributed by atoms with Gasteiger partial charge in [-0.25, -0.2) is 4.39 Å². The number of ether oxygens (including phenoxy) is 2. The molecule has 2 saturated heterocycles. The van der Waals surface area contributed by atoms with Crippen molar-refractivity contribution in [3.63, 3.8) is 0 Å². The van der Waals surface area contributed by atoms with E-state index in [1.807, 2.05) is 6.07 Å². The Labute approximate surface area is 106 Å². The van der Waals surface area contributed by atoms with Gasteiger partial charge in [-0.1, -0.05) is 12.1 Å². The summed E-state index contributed by atoms with van der Waals surface area (Å²) < 4.78 is 24.9. The summed E-state index contributed by atoms with van der Waals surface area (Å²) >= 11 is 0. The van der Waals surface area contributed by atoms with E-state index in [1.165, 1.54) is 6.07 Å². The van der Waals surface area contributed by atoms with E-state index in [4.69, 9.17) is 9.47 Å². The van der Waals surface area contributed by atoms with Gasteiger partial charge < -0.3 is 14.8 Å². The van der Waals surface area contributed by atoms with Gasteiger partial charge in [-0.2, -0.15) is 0 Å². The quantitative estimate of drug-likeness (QED) is 0.828. The highest BCUT2D eigenvalue weighted by molar-refractivity contribution is 5.24. The van der Waals surface area contributed by atoms with Crippen LogP contribution in [0.15, 0.2) is 24.3 Å². The van der Waals surface area contributed by atoms with Crippen LogP contribution in [0.3, 0.4) is 0 Å². The summed E-state index contributed by atoms with van der Waals surface area (Å²) in [4.78, 5) is 0. The normalized spacial score (nSPS) is 27.3. The Morgan fingerprint density at radius 2 is 2.06 bits per heavy atom. The van der Waals surface area contributed by atoms with Crippen LogP contribution in [0, 0.1) is 5.82 Å². The molecule has 0 aliphatic carbocycles. The Bertz CT molecular complexity index is 410. The van der Waals surface area contributed by atoms with Crippen LogP contribution < -0.4 is 5.32 Å². The molecular weight excluding hydrogens is 233 g/mol. The lowest BCUT2D eigenvalue weighted by atomic mass is 9.81. The van der Waals surface area contributed by atoms with Crippen molar-refractivity contribution in [2.24, 2.45) is 0 Å². The van der Waals surface area contributed by atoms with Crippen LogP contribution in [-0.2, 0) is 9.47 Å². The molecule has 2 aliphatic heterocycles. The molecule has 1 aromatic carbocycles. The molecule has 1 unspecified atom stereocenters. The van der Waals surface area contributed by atoms with Crippen LogP contribution in [-0.4, -0.2) is 32.0 Å². The van der Waals surface area contributed by atoms with Gasteiger partial charge >= 0.3 is 0 Å². The molecule has 0 saturated carbocycles. The van der Waals surface area contributed by atoms with Crippen molar-refractivity contribution in [3.8, 4) is 0 Å². The summed E-state index contributed by atoms with van der Waals surface area (Å²) in [6, 6.07) is 6.86. The van der Waals surface area contributed by atoms with E-state index in [9.17, 15) is 4.39 Å². The zero-order valence-corrected chi connectivity index (χ0v) is 10.3. The maximum atomic E-state index is 13.4. The third-order valence-corrected chi connectivity index (χ3v) is 3.89. The Morgan fingerprint density at radius 1 is 1.22 bits per heavy atom. The molecule has 3 rings (SSSR count). The molecule has 0 radical (unpaired) electrons. The minimum atomic E-state index is -0.232. The fourth-order valence-electron chi connectivity index (χ4n) is 2.98. The van der Waals surface area contributed by atoms with Gasteiger partial charge in [-0.05, 0) is 17.7 Å². The minimum absolute atomic E-state index is 0.0610. The Morgan fingerprint density at radius 3 is 2.83 bits per heavy atom. The molecule has 1 N–H and O–H groups in total. The van der Waals surface area contributed by atoms with Gasteiger partial charge in [0.2, 0.25) is 0 Å². The minimum Gasteiger partial charge on any atom is -0.381 e. The molecule has 2 heterocycles. The Kier molecular flexibility index (Phi) is 3.33. The van der Waals surface area contributed by atoms with E-state index in [2.05, 4.69) is 5.32 Å². The number of morpholine rings is 1. The first-order valence-corrected chi connectivity index (χ1v) is 6.51. The maximum absolute atomic E-state index is 13.4. The maximum Gasteiger partial charge on any atom is 0.123 e. The highest BCUT2D eigenvalue weighted by Crippen LogP contribution is 2.39. The number of rotatable bonds is 1. The van der Waals surface area contributed by atoms with Gasteiger partial charge in [-0.3, -0.25) is 0 Å². The van der Waals surface area contributed by atoms with Crippen molar-refractivity contribution in [2.45, 2.75) is 24.5 Å². The Balaban J connectivity index is 1.91. The molecule has 0 bridgehead atoms. The average molecular weight is 251 g/mol. The molecule has 0 amide bonds. The fourth-order valence-corrected chi connectivity index (χ4v) is 2.98. The van der Waals surface area contributed by atoms with Crippen LogP contribution in [0.4, 0.5) is 4.39 Å². The van der Waals surface area contributed by atoms with Crippen LogP contribution in [0.2, 0.25) is 0 Å². The molecule has 3 nitrogen and oxygen atoms in total. The van der Waals surface area contributed by atoms with Crippen LogP contribution >= 0.6 is 0 Å². The molecule has 2 fully saturated rings. The van der Waals surface area contributed by atoms with E-state index in [0.717, 1.165) is 24.9 Å². The highest BCUT2D eigenvalue weighted by atomic mass is 19.1. The highest BCUT2D eigenvalue weighted by Gasteiger charge is 2.44. The lowest BCUT2D eigenvalue weighted by Gasteiger charge is -2.46. The molecule has 0 aromatic heterocycles. The van der Waals surface area contributed by atoms with Crippen molar-refractivity contribution >= 4 is 0 Å². The zero-order valence-electron chi connectivity index (χ0n) is 10.3. The monoisotopic (exact) mass is 251 g/mol. The molecule has 1 spiro atoms. The number of nitrogens with one attached hydrogen (secondary N) is 1. The predicted octanol–water partition coefficient (Wildman–Crippen LogP) is 2.04. The molecule has 98 valence electrons. The molecule has 2 aliphatic rings. The van der Waals surface area contributed by atoms with Gasteiger partial charge in [-0.15, -0.1) is 0 Å². The van der Waals surface area contributed by atoms with Gasteiger partial charge in [0, 0.05) is 32.6 Å². The number of halogens is 1. The summed E-state index contributed by atoms with van der Waals surface area (Å²) in [5.74, 6) is -0.193.